The maximum atomic E-state index is 4.56. The Kier molecular flexibility index (Phi) is 4.76. The van der Waals surface area contributed by atoms with Crippen LogP contribution >= 0.6 is 0 Å². The van der Waals surface area contributed by atoms with Gasteiger partial charge in [-0.2, -0.15) is 5.10 Å². The van der Waals surface area contributed by atoms with Crippen LogP contribution in [0, 0.1) is 0 Å². The minimum absolute atomic E-state index is 0.573. The molecule has 0 saturated heterocycles. The Hall–Kier alpha value is -3.28. The molecule has 120 valence electrons. The van der Waals surface area contributed by atoms with Crippen molar-refractivity contribution in [2.45, 2.75) is 13.8 Å². The number of hydrogen-bond acceptors (Lipinski definition) is 5. The molecule has 0 spiro atoms. The summed E-state index contributed by atoms with van der Waals surface area (Å²) in [6.45, 7) is 3.82. The molecule has 6 heteroatoms. The molecule has 2 heterocycles. The molecule has 0 radical (unpaired) electrons. The van der Waals surface area contributed by atoms with Crippen LogP contribution in [0.15, 0.2) is 65.6 Å². The molecule has 0 aliphatic heterocycles. The highest BCUT2D eigenvalue weighted by molar-refractivity contribution is 5.91. The number of aliphatic imine (C=N–C) groups is 1. The molecule has 0 saturated carbocycles. The van der Waals surface area contributed by atoms with E-state index in [1.807, 2.05) is 56.3 Å². The predicted octanol–water partition coefficient (Wildman–Crippen LogP) is 3.94. The van der Waals surface area contributed by atoms with Crippen molar-refractivity contribution >= 4 is 22.9 Å². The quantitative estimate of drug-likeness (QED) is 0.551. The molecule has 0 fully saturated rings. The van der Waals surface area contributed by atoms with Crippen LogP contribution in [0.2, 0.25) is 0 Å². The van der Waals surface area contributed by atoms with Crippen molar-refractivity contribution < 1.29 is 0 Å². The lowest BCUT2D eigenvalue weighted by molar-refractivity contribution is 1.08. The highest BCUT2D eigenvalue weighted by atomic mass is 15.1. The number of rotatable bonds is 5. The number of nitrogens with zero attached hydrogens (tertiary/aromatic N) is 4. The largest absolute Gasteiger partial charge is 0.340 e. The third kappa shape index (κ3) is 3.38. The predicted molar refractivity (Wildman–Crippen MR) is 97.8 cm³/mol. The summed E-state index contributed by atoms with van der Waals surface area (Å²) in [7, 11) is 0. The lowest BCUT2D eigenvalue weighted by Crippen LogP contribution is -2.01. The highest BCUT2D eigenvalue weighted by Gasteiger charge is 2.10. The zero-order valence-electron chi connectivity index (χ0n) is 13.6. The van der Waals surface area contributed by atoms with E-state index in [9.17, 15) is 0 Å². The van der Waals surface area contributed by atoms with E-state index in [2.05, 4.69) is 30.5 Å². The number of aromatic amines is 1. The van der Waals surface area contributed by atoms with Crippen LogP contribution in [-0.4, -0.2) is 26.4 Å². The monoisotopic (exact) mass is 318 g/mol. The number of anilines is 1. The summed E-state index contributed by atoms with van der Waals surface area (Å²) in [5, 5.41) is 11.6. The van der Waals surface area contributed by atoms with Crippen molar-refractivity contribution in [2.75, 3.05) is 5.32 Å². The standard InChI is InChI=1S/C18H18N6/c1-3-13(9-11-19-4-2)21-16-10-12-20-18(22-16)17-14-7-5-6-8-15(14)23-24-17/h3-12H,1-2H3,(H,23,24)(H,20,21,22)/b11-9-,13-3+,19-4?. The van der Waals surface area contributed by atoms with E-state index < -0.39 is 0 Å². The van der Waals surface area contributed by atoms with Gasteiger partial charge in [-0.1, -0.05) is 24.3 Å². The van der Waals surface area contributed by atoms with E-state index in [1.54, 1.807) is 18.6 Å². The Morgan fingerprint density at radius 1 is 1.21 bits per heavy atom. The summed E-state index contributed by atoms with van der Waals surface area (Å²) >= 11 is 0. The van der Waals surface area contributed by atoms with Gasteiger partial charge in [-0.05, 0) is 32.1 Å². The summed E-state index contributed by atoms with van der Waals surface area (Å²) < 4.78 is 0. The number of fused-ring (bicyclic) bond motifs is 1. The third-order valence-electron chi connectivity index (χ3n) is 3.41. The average molecular weight is 318 g/mol. The van der Waals surface area contributed by atoms with Gasteiger partial charge in [0.15, 0.2) is 5.82 Å². The molecule has 2 aromatic heterocycles. The summed E-state index contributed by atoms with van der Waals surface area (Å²) in [5.74, 6) is 1.27. The van der Waals surface area contributed by atoms with Crippen molar-refractivity contribution in [3.8, 4) is 11.5 Å². The normalized spacial score (nSPS) is 12.5. The van der Waals surface area contributed by atoms with Gasteiger partial charge in [-0.3, -0.25) is 10.1 Å². The second kappa shape index (κ2) is 7.32. The second-order valence-electron chi connectivity index (χ2n) is 4.98. The molecule has 2 N–H and O–H groups in total. The Balaban J connectivity index is 1.89. The van der Waals surface area contributed by atoms with E-state index in [0.717, 1.165) is 22.3 Å². The minimum Gasteiger partial charge on any atom is -0.340 e. The van der Waals surface area contributed by atoms with E-state index in [4.69, 9.17) is 0 Å². The first kappa shape index (κ1) is 15.6. The van der Waals surface area contributed by atoms with E-state index >= 15 is 0 Å². The lowest BCUT2D eigenvalue weighted by Gasteiger charge is -2.06. The fourth-order valence-electron chi connectivity index (χ4n) is 2.24. The van der Waals surface area contributed by atoms with Crippen molar-refractivity contribution in [1.82, 2.24) is 20.2 Å². The lowest BCUT2D eigenvalue weighted by atomic mass is 10.2. The molecule has 0 aliphatic rings. The van der Waals surface area contributed by atoms with Crippen molar-refractivity contribution in [3.05, 3.63) is 60.6 Å². The number of allylic oxidation sites excluding steroid dienone is 2. The first-order valence-electron chi connectivity index (χ1n) is 7.66. The van der Waals surface area contributed by atoms with Crippen LogP contribution in [0.5, 0.6) is 0 Å². The van der Waals surface area contributed by atoms with Crippen LogP contribution in [0.25, 0.3) is 22.4 Å². The number of para-hydroxylation sites is 1. The van der Waals surface area contributed by atoms with Gasteiger partial charge in [-0.25, -0.2) is 9.97 Å². The van der Waals surface area contributed by atoms with Crippen LogP contribution in [0.3, 0.4) is 0 Å². The molecule has 0 atom stereocenters. The smallest absolute Gasteiger partial charge is 0.182 e. The maximum Gasteiger partial charge on any atom is 0.182 e. The molecular weight excluding hydrogens is 300 g/mol. The van der Waals surface area contributed by atoms with Crippen LogP contribution in [0.1, 0.15) is 13.8 Å². The molecule has 6 nitrogen and oxygen atoms in total. The molecule has 0 aliphatic carbocycles. The number of aromatic nitrogens is 4. The van der Waals surface area contributed by atoms with Crippen LogP contribution < -0.4 is 5.32 Å². The number of benzene rings is 1. The van der Waals surface area contributed by atoms with Crippen molar-refractivity contribution in [3.63, 3.8) is 0 Å². The Morgan fingerprint density at radius 2 is 2.08 bits per heavy atom. The molecule has 0 unspecified atom stereocenters. The van der Waals surface area contributed by atoms with Crippen LogP contribution in [-0.2, 0) is 0 Å². The molecule has 24 heavy (non-hydrogen) atoms. The van der Waals surface area contributed by atoms with Gasteiger partial charge in [0, 0.05) is 29.7 Å². The first-order chi connectivity index (χ1) is 11.8. The number of nitrogens with one attached hydrogen (secondary N) is 2. The fourth-order valence-corrected chi connectivity index (χ4v) is 2.24. The van der Waals surface area contributed by atoms with Gasteiger partial charge in [0.05, 0.1) is 5.52 Å². The van der Waals surface area contributed by atoms with Gasteiger partial charge in [-0.15, -0.1) is 0 Å². The van der Waals surface area contributed by atoms with E-state index in [-0.39, 0.29) is 0 Å². The molecule has 1 aromatic carbocycles. The topological polar surface area (TPSA) is 78.9 Å². The summed E-state index contributed by atoms with van der Waals surface area (Å²) in [4.78, 5) is 13.0. The molecular formula is C18H18N6. The Morgan fingerprint density at radius 3 is 2.92 bits per heavy atom. The van der Waals surface area contributed by atoms with Crippen molar-refractivity contribution in [2.24, 2.45) is 4.99 Å². The third-order valence-corrected chi connectivity index (χ3v) is 3.41. The van der Waals surface area contributed by atoms with Gasteiger partial charge in [0.2, 0.25) is 0 Å². The average Bonchev–Trinajstić information content (AvgIpc) is 3.05. The van der Waals surface area contributed by atoms with Crippen molar-refractivity contribution in [1.29, 1.82) is 0 Å². The fraction of sp³-hybridized carbons (Fsp3) is 0.111. The number of hydrogen-bond donors (Lipinski definition) is 2. The van der Waals surface area contributed by atoms with Crippen LogP contribution in [0.4, 0.5) is 5.82 Å². The Bertz CT molecular complexity index is 920. The Labute approximate surface area is 140 Å². The number of H-pyrrole nitrogens is 1. The molecule has 0 amide bonds. The van der Waals surface area contributed by atoms with E-state index in [0.29, 0.717) is 11.6 Å². The SMILES string of the molecule is CC=N/C=C\C(=C/C)Nc1ccnc(-c2n[nH]c3ccccc23)n1. The van der Waals surface area contributed by atoms with Gasteiger partial charge in [0.25, 0.3) is 0 Å². The highest BCUT2D eigenvalue weighted by Crippen LogP contribution is 2.23. The molecule has 3 rings (SSSR count). The van der Waals surface area contributed by atoms with Gasteiger partial charge in [0.1, 0.15) is 11.5 Å². The first-order valence-corrected chi connectivity index (χ1v) is 7.66. The zero-order valence-corrected chi connectivity index (χ0v) is 13.6. The van der Waals surface area contributed by atoms with E-state index in [1.165, 1.54) is 0 Å². The molecule has 0 bridgehead atoms. The van der Waals surface area contributed by atoms with Gasteiger partial charge < -0.3 is 5.32 Å². The zero-order chi connectivity index (χ0) is 16.8. The van der Waals surface area contributed by atoms with Gasteiger partial charge >= 0.3 is 0 Å². The minimum atomic E-state index is 0.573. The summed E-state index contributed by atoms with van der Waals surface area (Å²) in [5.41, 5.74) is 2.60. The summed E-state index contributed by atoms with van der Waals surface area (Å²) in [6.07, 6.45) is 9.01. The second-order valence-corrected chi connectivity index (χ2v) is 4.98. The maximum absolute atomic E-state index is 4.56. The summed E-state index contributed by atoms with van der Waals surface area (Å²) in [6, 6.07) is 9.73. The molecule has 3 aromatic rings.